The van der Waals surface area contributed by atoms with Crippen LogP contribution in [0.15, 0.2) is 11.1 Å². The van der Waals surface area contributed by atoms with E-state index in [1.54, 1.807) is 0 Å². The molecule has 1 aliphatic heterocycles. The predicted molar refractivity (Wildman–Crippen MR) is 87.9 cm³/mol. The van der Waals surface area contributed by atoms with E-state index in [9.17, 15) is 14.7 Å². The lowest BCUT2D eigenvalue weighted by atomic mass is 9.78. The maximum Gasteiger partial charge on any atom is 0.307 e. The third-order valence-electron chi connectivity index (χ3n) is 6.12. The number of carbonyl (C=O) groups excluding carboxylic acids is 1. The molecule has 2 aliphatic carbocycles. The molecule has 4 atom stereocenters. The van der Waals surface area contributed by atoms with Gasteiger partial charge in [-0.3, -0.25) is 9.59 Å². The van der Waals surface area contributed by atoms with E-state index in [-0.39, 0.29) is 23.7 Å². The molecule has 2 saturated carbocycles. The van der Waals surface area contributed by atoms with Crippen LogP contribution in [0, 0.1) is 23.7 Å². The number of piperazine rings is 1. The number of hydrogen-bond acceptors (Lipinski definition) is 3. The lowest BCUT2D eigenvalue weighted by Crippen LogP contribution is -2.52. The standard InChI is InChI=1S/C18H28N2O3/c1-4-19-7-9-20(10-8-19)17(21)15-12-5-6-13(14(12)11(2)3)16(15)18(22)23/h12-13,15-16H,4-10H2,1-3H3,(H,22,23)/t12-,13-,15+,16+/m0/s1. The smallest absolute Gasteiger partial charge is 0.307 e. The lowest BCUT2D eigenvalue weighted by Gasteiger charge is -2.37. The summed E-state index contributed by atoms with van der Waals surface area (Å²) in [6.07, 6.45) is 1.90. The van der Waals surface area contributed by atoms with Crippen LogP contribution in [0.2, 0.25) is 0 Å². The highest BCUT2D eigenvalue weighted by Crippen LogP contribution is 2.57. The zero-order valence-corrected chi connectivity index (χ0v) is 14.4. The first kappa shape index (κ1) is 16.5. The summed E-state index contributed by atoms with van der Waals surface area (Å²) in [5.41, 5.74) is 2.48. The zero-order chi connectivity index (χ0) is 16.7. The van der Waals surface area contributed by atoms with Gasteiger partial charge >= 0.3 is 5.97 Å². The quantitative estimate of drug-likeness (QED) is 0.806. The Labute approximate surface area is 138 Å². The summed E-state index contributed by atoms with van der Waals surface area (Å²) in [7, 11) is 0. The van der Waals surface area contributed by atoms with E-state index in [2.05, 4.69) is 25.7 Å². The van der Waals surface area contributed by atoms with Crippen molar-refractivity contribution < 1.29 is 14.7 Å². The topological polar surface area (TPSA) is 60.9 Å². The molecule has 1 N–H and O–H groups in total. The summed E-state index contributed by atoms with van der Waals surface area (Å²) in [6.45, 7) is 10.5. The minimum atomic E-state index is -0.790. The molecule has 1 saturated heterocycles. The molecular formula is C18H28N2O3. The fraction of sp³-hybridized carbons (Fsp3) is 0.778. The van der Waals surface area contributed by atoms with Gasteiger partial charge in [-0.2, -0.15) is 0 Å². The Morgan fingerprint density at radius 2 is 1.61 bits per heavy atom. The molecule has 2 bridgehead atoms. The second kappa shape index (κ2) is 6.27. The summed E-state index contributed by atoms with van der Waals surface area (Å²) in [5.74, 6) is -1.34. The first-order chi connectivity index (χ1) is 11.0. The molecule has 3 rings (SSSR count). The summed E-state index contributed by atoms with van der Waals surface area (Å²) in [5, 5.41) is 9.73. The monoisotopic (exact) mass is 320 g/mol. The summed E-state index contributed by atoms with van der Waals surface area (Å²) >= 11 is 0. The third kappa shape index (κ3) is 2.69. The maximum atomic E-state index is 13.1. The second-order valence-electron chi connectivity index (χ2n) is 7.40. The van der Waals surface area contributed by atoms with Gasteiger partial charge in [0.25, 0.3) is 0 Å². The van der Waals surface area contributed by atoms with Gasteiger partial charge in [0.2, 0.25) is 5.91 Å². The minimum Gasteiger partial charge on any atom is -0.481 e. The maximum absolute atomic E-state index is 13.1. The van der Waals surface area contributed by atoms with Gasteiger partial charge in [-0.25, -0.2) is 0 Å². The number of allylic oxidation sites excluding steroid dienone is 2. The van der Waals surface area contributed by atoms with Crippen molar-refractivity contribution in [3.05, 3.63) is 11.1 Å². The van der Waals surface area contributed by atoms with E-state index in [0.29, 0.717) is 0 Å². The number of hydrogen-bond donors (Lipinski definition) is 1. The van der Waals surface area contributed by atoms with Crippen molar-refractivity contribution in [2.75, 3.05) is 32.7 Å². The van der Waals surface area contributed by atoms with Crippen molar-refractivity contribution in [2.24, 2.45) is 23.7 Å². The highest BCUT2D eigenvalue weighted by molar-refractivity contribution is 5.87. The van der Waals surface area contributed by atoms with Gasteiger partial charge in [0.1, 0.15) is 0 Å². The summed E-state index contributed by atoms with van der Waals surface area (Å²) < 4.78 is 0. The number of aliphatic carboxylic acids is 1. The van der Waals surface area contributed by atoms with Crippen molar-refractivity contribution in [3.8, 4) is 0 Å². The van der Waals surface area contributed by atoms with E-state index < -0.39 is 11.9 Å². The number of rotatable bonds is 3. The average Bonchev–Trinajstić information content (AvgIpc) is 3.10. The highest BCUT2D eigenvalue weighted by atomic mass is 16.4. The van der Waals surface area contributed by atoms with E-state index in [0.717, 1.165) is 45.6 Å². The first-order valence-corrected chi connectivity index (χ1v) is 8.86. The molecule has 5 nitrogen and oxygen atoms in total. The van der Waals surface area contributed by atoms with E-state index >= 15 is 0 Å². The van der Waals surface area contributed by atoms with Crippen molar-refractivity contribution >= 4 is 11.9 Å². The molecule has 0 aromatic rings. The Morgan fingerprint density at radius 3 is 2.09 bits per heavy atom. The average molecular weight is 320 g/mol. The normalized spacial score (nSPS) is 34.0. The lowest BCUT2D eigenvalue weighted by molar-refractivity contribution is -0.153. The second-order valence-corrected chi connectivity index (χ2v) is 7.40. The summed E-state index contributed by atoms with van der Waals surface area (Å²) in [6, 6.07) is 0. The van der Waals surface area contributed by atoms with Crippen LogP contribution < -0.4 is 0 Å². The van der Waals surface area contributed by atoms with Crippen LogP contribution in [0.5, 0.6) is 0 Å². The van der Waals surface area contributed by atoms with Gasteiger partial charge in [0, 0.05) is 26.2 Å². The van der Waals surface area contributed by atoms with Gasteiger partial charge in [-0.05, 0) is 45.1 Å². The summed E-state index contributed by atoms with van der Waals surface area (Å²) in [4.78, 5) is 29.2. The highest BCUT2D eigenvalue weighted by Gasteiger charge is 2.57. The van der Waals surface area contributed by atoms with Crippen molar-refractivity contribution in [2.45, 2.75) is 33.6 Å². The first-order valence-electron chi connectivity index (χ1n) is 8.86. The minimum absolute atomic E-state index is 0.0772. The van der Waals surface area contributed by atoms with Crippen LogP contribution in [0.25, 0.3) is 0 Å². The molecule has 0 radical (unpaired) electrons. The molecule has 1 heterocycles. The van der Waals surface area contributed by atoms with Crippen molar-refractivity contribution in [1.29, 1.82) is 0 Å². The molecule has 0 aromatic heterocycles. The van der Waals surface area contributed by atoms with Gasteiger partial charge in [0.05, 0.1) is 11.8 Å². The molecule has 128 valence electrons. The molecule has 3 aliphatic rings. The van der Waals surface area contributed by atoms with E-state index in [1.165, 1.54) is 11.1 Å². The fourth-order valence-electron chi connectivity index (χ4n) is 5.08. The van der Waals surface area contributed by atoms with Crippen LogP contribution in [0.1, 0.15) is 33.6 Å². The van der Waals surface area contributed by atoms with Crippen molar-refractivity contribution in [3.63, 3.8) is 0 Å². The van der Waals surface area contributed by atoms with Crippen LogP contribution in [-0.4, -0.2) is 59.5 Å². The molecule has 0 unspecified atom stereocenters. The molecule has 5 heteroatoms. The van der Waals surface area contributed by atoms with Gasteiger partial charge in [-0.15, -0.1) is 0 Å². The van der Waals surface area contributed by atoms with Crippen LogP contribution >= 0.6 is 0 Å². The van der Waals surface area contributed by atoms with Crippen molar-refractivity contribution in [1.82, 2.24) is 9.80 Å². The number of fused-ring (bicyclic) bond motifs is 2. The Kier molecular flexibility index (Phi) is 4.50. The number of carbonyl (C=O) groups is 2. The Hall–Kier alpha value is -1.36. The molecular weight excluding hydrogens is 292 g/mol. The number of likely N-dealkylation sites (N-methyl/N-ethyl adjacent to an activating group) is 1. The van der Waals surface area contributed by atoms with Gasteiger partial charge in [-0.1, -0.05) is 18.1 Å². The Balaban J connectivity index is 1.82. The SMILES string of the molecule is CCN1CCN(C(=O)[C@H]2[C@H](C(=O)O)[C@H]3CC[C@H]2C3=C(C)C)CC1. The van der Waals surface area contributed by atoms with Crippen LogP contribution in [0.3, 0.4) is 0 Å². The van der Waals surface area contributed by atoms with Crippen LogP contribution in [0.4, 0.5) is 0 Å². The molecule has 1 amide bonds. The zero-order valence-electron chi connectivity index (χ0n) is 14.4. The Morgan fingerprint density at radius 1 is 1.04 bits per heavy atom. The number of amides is 1. The number of carboxylic acid groups (broad SMARTS) is 1. The third-order valence-corrected chi connectivity index (χ3v) is 6.12. The van der Waals surface area contributed by atoms with Crippen LogP contribution in [-0.2, 0) is 9.59 Å². The van der Waals surface area contributed by atoms with E-state index in [4.69, 9.17) is 0 Å². The molecule has 0 spiro atoms. The molecule has 0 aromatic carbocycles. The fourth-order valence-corrected chi connectivity index (χ4v) is 5.08. The number of nitrogens with zero attached hydrogens (tertiary/aromatic N) is 2. The van der Waals surface area contributed by atoms with Gasteiger partial charge in [0.15, 0.2) is 0 Å². The number of carboxylic acids is 1. The van der Waals surface area contributed by atoms with Gasteiger partial charge < -0.3 is 14.9 Å². The molecule has 3 fully saturated rings. The largest absolute Gasteiger partial charge is 0.481 e. The Bertz CT molecular complexity index is 530. The molecule has 23 heavy (non-hydrogen) atoms. The van der Waals surface area contributed by atoms with E-state index in [1.807, 2.05) is 4.90 Å². The predicted octanol–water partition coefficient (Wildman–Crippen LogP) is 1.84.